The summed E-state index contributed by atoms with van der Waals surface area (Å²) in [6, 6.07) is 2.85. The van der Waals surface area contributed by atoms with Gasteiger partial charge in [0, 0.05) is 26.3 Å². The zero-order valence-corrected chi connectivity index (χ0v) is 10.9. The highest BCUT2D eigenvalue weighted by atomic mass is 16.6. The highest BCUT2D eigenvalue weighted by Gasteiger charge is 2.26. The molecule has 2 heterocycles. The first kappa shape index (κ1) is 14.0. The normalized spacial score (nSPS) is 19.4. The standard InChI is InChI=1S/C11H15N5O4/c1-20-7-4-5-15(6-7)9-3-2-8(16(18)19)10(13-9)11(12)14-17/h2-3,7,17H,4-6H2,1H3,(H2,12,14). The number of ether oxygens (including phenoxy) is 1. The Bertz CT molecular complexity index is 548. The molecule has 0 amide bonds. The van der Waals surface area contributed by atoms with Gasteiger partial charge in [0.2, 0.25) is 0 Å². The zero-order chi connectivity index (χ0) is 14.7. The van der Waals surface area contributed by atoms with Crippen LogP contribution in [0.2, 0.25) is 0 Å². The lowest BCUT2D eigenvalue weighted by atomic mass is 10.2. The third kappa shape index (κ3) is 2.62. The molecule has 0 bridgehead atoms. The van der Waals surface area contributed by atoms with E-state index in [0.29, 0.717) is 12.4 Å². The summed E-state index contributed by atoms with van der Waals surface area (Å²) in [7, 11) is 1.64. The molecular formula is C11H15N5O4. The molecule has 1 unspecified atom stereocenters. The summed E-state index contributed by atoms with van der Waals surface area (Å²) in [5.74, 6) is 0.151. The minimum Gasteiger partial charge on any atom is -0.409 e. The van der Waals surface area contributed by atoms with Crippen LogP contribution in [-0.2, 0) is 4.74 Å². The number of oxime groups is 1. The Morgan fingerprint density at radius 1 is 1.70 bits per heavy atom. The number of methoxy groups -OCH3 is 1. The average molecular weight is 281 g/mol. The van der Waals surface area contributed by atoms with Crippen LogP contribution in [-0.4, -0.2) is 47.3 Å². The molecule has 3 N–H and O–H groups in total. The van der Waals surface area contributed by atoms with Gasteiger partial charge in [0.15, 0.2) is 11.5 Å². The maximum absolute atomic E-state index is 10.9. The predicted octanol–water partition coefficient (Wildman–Crippen LogP) is 0.309. The number of anilines is 1. The molecule has 20 heavy (non-hydrogen) atoms. The van der Waals surface area contributed by atoms with Crippen LogP contribution in [0.4, 0.5) is 11.5 Å². The molecule has 2 rings (SSSR count). The average Bonchev–Trinajstić information content (AvgIpc) is 2.94. The molecule has 1 fully saturated rings. The van der Waals surface area contributed by atoms with Gasteiger partial charge < -0.3 is 20.6 Å². The third-order valence-corrected chi connectivity index (χ3v) is 3.21. The summed E-state index contributed by atoms with van der Waals surface area (Å²) < 4.78 is 5.26. The summed E-state index contributed by atoms with van der Waals surface area (Å²) >= 11 is 0. The Morgan fingerprint density at radius 2 is 2.45 bits per heavy atom. The SMILES string of the molecule is COC1CCN(c2ccc([N+](=O)[O-])c(/C(N)=N/O)n2)C1. The Hall–Kier alpha value is -2.42. The van der Waals surface area contributed by atoms with Gasteiger partial charge in [-0.3, -0.25) is 10.1 Å². The van der Waals surface area contributed by atoms with Gasteiger partial charge in [-0.2, -0.15) is 0 Å². The highest BCUT2D eigenvalue weighted by molar-refractivity contribution is 5.99. The number of amidine groups is 1. The van der Waals surface area contributed by atoms with E-state index in [1.165, 1.54) is 6.07 Å². The number of hydrogen-bond acceptors (Lipinski definition) is 7. The maximum Gasteiger partial charge on any atom is 0.298 e. The van der Waals surface area contributed by atoms with Crippen LogP contribution in [0, 0.1) is 10.1 Å². The first-order valence-corrected chi connectivity index (χ1v) is 5.98. The Balaban J connectivity index is 2.35. The Labute approximate surface area is 114 Å². The van der Waals surface area contributed by atoms with Gasteiger partial charge in [-0.15, -0.1) is 0 Å². The van der Waals surface area contributed by atoms with Gasteiger partial charge in [-0.25, -0.2) is 4.98 Å². The van der Waals surface area contributed by atoms with Crippen LogP contribution in [0.3, 0.4) is 0 Å². The van der Waals surface area contributed by atoms with E-state index in [0.717, 1.165) is 13.0 Å². The highest BCUT2D eigenvalue weighted by Crippen LogP contribution is 2.24. The van der Waals surface area contributed by atoms with Gasteiger partial charge >= 0.3 is 0 Å². The van der Waals surface area contributed by atoms with Gasteiger partial charge in [0.1, 0.15) is 5.82 Å². The van der Waals surface area contributed by atoms with E-state index in [4.69, 9.17) is 15.7 Å². The molecule has 9 heteroatoms. The minimum atomic E-state index is -0.619. The lowest BCUT2D eigenvalue weighted by Gasteiger charge is -2.17. The van der Waals surface area contributed by atoms with E-state index >= 15 is 0 Å². The quantitative estimate of drug-likeness (QED) is 0.267. The number of aromatic nitrogens is 1. The second-order valence-electron chi connectivity index (χ2n) is 4.37. The minimum absolute atomic E-state index is 0.110. The number of pyridine rings is 1. The summed E-state index contributed by atoms with van der Waals surface area (Å²) in [5, 5.41) is 22.4. The fourth-order valence-corrected chi connectivity index (χ4v) is 2.13. The molecule has 0 saturated carbocycles. The van der Waals surface area contributed by atoms with Crippen LogP contribution in [0.25, 0.3) is 0 Å². The number of hydrogen-bond donors (Lipinski definition) is 2. The van der Waals surface area contributed by atoms with Crippen molar-refractivity contribution in [3.8, 4) is 0 Å². The van der Waals surface area contributed by atoms with Crippen molar-refractivity contribution in [2.45, 2.75) is 12.5 Å². The van der Waals surface area contributed by atoms with E-state index in [2.05, 4.69) is 10.1 Å². The van der Waals surface area contributed by atoms with Crippen molar-refractivity contribution in [2.24, 2.45) is 10.9 Å². The third-order valence-electron chi connectivity index (χ3n) is 3.21. The molecular weight excluding hydrogens is 266 g/mol. The summed E-state index contributed by atoms with van der Waals surface area (Å²) in [5.41, 5.74) is 5.00. The predicted molar refractivity (Wildman–Crippen MR) is 71.0 cm³/mol. The van der Waals surface area contributed by atoms with E-state index in [1.54, 1.807) is 13.2 Å². The summed E-state index contributed by atoms with van der Waals surface area (Å²) in [6.45, 7) is 1.38. The van der Waals surface area contributed by atoms with Gasteiger partial charge in [0.05, 0.1) is 11.0 Å². The number of rotatable bonds is 4. The van der Waals surface area contributed by atoms with E-state index in [1.807, 2.05) is 4.90 Å². The lowest BCUT2D eigenvalue weighted by Crippen LogP contribution is -2.25. The molecule has 0 aliphatic carbocycles. The topological polar surface area (TPSA) is 127 Å². The fraction of sp³-hybridized carbons (Fsp3) is 0.455. The molecule has 1 aliphatic rings. The molecule has 108 valence electrons. The molecule has 0 aromatic carbocycles. The maximum atomic E-state index is 10.9. The summed E-state index contributed by atoms with van der Waals surface area (Å²) in [6.07, 6.45) is 0.966. The van der Waals surface area contributed by atoms with Crippen LogP contribution in [0.15, 0.2) is 17.3 Å². The Morgan fingerprint density at radius 3 is 3.00 bits per heavy atom. The molecule has 9 nitrogen and oxygen atoms in total. The van der Waals surface area contributed by atoms with E-state index in [9.17, 15) is 10.1 Å². The van der Waals surface area contributed by atoms with Crippen molar-refractivity contribution >= 4 is 17.3 Å². The van der Waals surface area contributed by atoms with Crippen molar-refractivity contribution in [3.05, 3.63) is 27.9 Å². The largest absolute Gasteiger partial charge is 0.409 e. The lowest BCUT2D eigenvalue weighted by molar-refractivity contribution is -0.385. The zero-order valence-electron chi connectivity index (χ0n) is 10.9. The molecule has 1 aliphatic heterocycles. The molecule has 1 atom stereocenters. The number of nitrogens with zero attached hydrogens (tertiary/aromatic N) is 4. The second kappa shape index (κ2) is 5.70. The van der Waals surface area contributed by atoms with Crippen LogP contribution >= 0.6 is 0 Å². The molecule has 0 spiro atoms. The molecule has 1 aromatic rings. The van der Waals surface area contributed by atoms with Crippen LogP contribution in [0.5, 0.6) is 0 Å². The Kier molecular flexibility index (Phi) is 3.99. The van der Waals surface area contributed by atoms with Crippen LogP contribution < -0.4 is 10.6 Å². The molecule has 1 aromatic heterocycles. The molecule has 1 saturated heterocycles. The summed E-state index contributed by atoms with van der Waals surface area (Å²) in [4.78, 5) is 16.4. The van der Waals surface area contributed by atoms with E-state index < -0.39 is 4.92 Å². The monoisotopic (exact) mass is 281 g/mol. The van der Waals surface area contributed by atoms with Crippen molar-refractivity contribution in [1.29, 1.82) is 0 Å². The van der Waals surface area contributed by atoms with Crippen molar-refractivity contribution < 1.29 is 14.9 Å². The van der Waals surface area contributed by atoms with Crippen molar-refractivity contribution in [2.75, 3.05) is 25.1 Å². The number of nitrogens with two attached hydrogens (primary N) is 1. The second-order valence-corrected chi connectivity index (χ2v) is 4.37. The smallest absolute Gasteiger partial charge is 0.298 e. The first-order valence-electron chi connectivity index (χ1n) is 5.98. The fourth-order valence-electron chi connectivity index (χ4n) is 2.13. The molecule has 0 radical (unpaired) electrons. The van der Waals surface area contributed by atoms with Crippen LogP contribution in [0.1, 0.15) is 12.1 Å². The van der Waals surface area contributed by atoms with Crippen molar-refractivity contribution in [1.82, 2.24) is 4.98 Å². The van der Waals surface area contributed by atoms with Gasteiger partial charge in [-0.1, -0.05) is 5.16 Å². The van der Waals surface area contributed by atoms with E-state index in [-0.39, 0.29) is 23.3 Å². The number of nitro groups is 1. The first-order chi connectivity index (χ1) is 9.56. The van der Waals surface area contributed by atoms with Gasteiger partial charge in [0.25, 0.3) is 5.69 Å². The van der Waals surface area contributed by atoms with Gasteiger partial charge in [-0.05, 0) is 12.5 Å². The van der Waals surface area contributed by atoms with Crippen molar-refractivity contribution in [3.63, 3.8) is 0 Å².